The van der Waals surface area contributed by atoms with E-state index in [9.17, 15) is 0 Å². The van der Waals surface area contributed by atoms with Crippen molar-refractivity contribution in [1.82, 2.24) is 4.98 Å². The van der Waals surface area contributed by atoms with Gasteiger partial charge in [-0.25, -0.2) is 4.98 Å². The van der Waals surface area contributed by atoms with Gasteiger partial charge in [-0.05, 0) is 119 Å². The lowest BCUT2D eigenvalue weighted by atomic mass is 9.87. The molecule has 1 atom stereocenters. The highest BCUT2D eigenvalue weighted by Gasteiger charge is 2.28. The van der Waals surface area contributed by atoms with Crippen LogP contribution in [0.1, 0.15) is 29.0 Å². The predicted octanol–water partition coefficient (Wildman–Crippen LogP) is 15.0. The highest BCUT2D eigenvalue weighted by molar-refractivity contribution is 6.28. The molecule has 0 spiro atoms. The second-order valence-corrected chi connectivity index (χ2v) is 15.4. The highest BCUT2D eigenvalue weighted by atomic mass is 14.7. The van der Waals surface area contributed by atoms with Gasteiger partial charge in [0.25, 0.3) is 0 Å². The minimum Gasteiger partial charge on any atom is -0.248 e. The third-order valence-corrected chi connectivity index (χ3v) is 12.1. The van der Waals surface area contributed by atoms with Gasteiger partial charge in [0.05, 0.1) is 11.4 Å². The normalized spacial score (nSPS) is 13.2. The van der Waals surface area contributed by atoms with Crippen LogP contribution in [0, 0.1) is 0 Å². The molecule has 0 saturated carbocycles. The number of rotatable bonds is 7. The molecule has 1 heterocycles. The van der Waals surface area contributed by atoms with Crippen molar-refractivity contribution in [2.45, 2.75) is 18.8 Å². The van der Waals surface area contributed by atoms with Crippen molar-refractivity contribution < 1.29 is 0 Å². The fraction of sp³-hybridized carbons (Fsp3) is 0.0536. The maximum absolute atomic E-state index is 5.42. The third kappa shape index (κ3) is 5.83. The van der Waals surface area contributed by atoms with Crippen LogP contribution in [0.4, 0.5) is 0 Å². The average Bonchev–Trinajstić information content (AvgIpc) is 3.61. The third-order valence-electron chi connectivity index (χ3n) is 12.1. The van der Waals surface area contributed by atoms with Crippen molar-refractivity contribution in [3.8, 4) is 55.9 Å². The van der Waals surface area contributed by atoms with E-state index in [0.29, 0.717) is 5.92 Å². The molecule has 10 aromatic rings. The summed E-state index contributed by atoms with van der Waals surface area (Å²) in [6.07, 6.45) is 2.13. The lowest BCUT2D eigenvalue weighted by molar-refractivity contribution is 0.730. The Morgan fingerprint density at radius 3 is 1.72 bits per heavy atom. The van der Waals surface area contributed by atoms with E-state index < -0.39 is 0 Å². The van der Waals surface area contributed by atoms with Crippen LogP contribution in [0.2, 0.25) is 0 Å². The molecule has 1 heteroatoms. The molecule has 0 radical (unpaired) electrons. The van der Waals surface area contributed by atoms with E-state index in [1.54, 1.807) is 0 Å². The first-order valence-corrected chi connectivity index (χ1v) is 20.0. The lowest BCUT2D eigenvalue weighted by Gasteiger charge is -2.17. The van der Waals surface area contributed by atoms with E-state index in [0.717, 1.165) is 40.9 Å². The zero-order valence-electron chi connectivity index (χ0n) is 31.6. The molecular formula is C56H39N. The standard InChI is InChI=1S/C56H39N/c1-4-15-37(16-5-1)27-30-47-43-21-10-11-22-44(43)48-31-28-40(33-52(47)48)41-29-32-49-45-23-12-13-24-46(45)50-25-14-26-51(56(50)53(49)34-41)55-36-42(38-17-6-2-7-18-38)35-54(57-55)39-19-8-3-9-20-39/h1-26,28-29,31-36,47H,27,30H2. The Morgan fingerprint density at radius 1 is 0.333 bits per heavy atom. The number of hydrogen-bond donors (Lipinski definition) is 0. The van der Waals surface area contributed by atoms with Gasteiger partial charge in [0.2, 0.25) is 0 Å². The Labute approximate surface area is 333 Å². The second kappa shape index (κ2) is 13.9. The molecule has 0 fully saturated rings. The summed E-state index contributed by atoms with van der Waals surface area (Å²) in [6.45, 7) is 0. The number of pyridine rings is 1. The second-order valence-electron chi connectivity index (χ2n) is 15.4. The van der Waals surface area contributed by atoms with Gasteiger partial charge in [0, 0.05) is 17.0 Å². The maximum Gasteiger partial charge on any atom is 0.0722 e. The first-order chi connectivity index (χ1) is 28.3. The highest BCUT2D eigenvalue weighted by Crippen LogP contribution is 2.49. The van der Waals surface area contributed by atoms with Crippen molar-refractivity contribution >= 4 is 32.3 Å². The van der Waals surface area contributed by atoms with Gasteiger partial charge in [0.15, 0.2) is 0 Å². The molecule has 1 nitrogen and oxygen atoms in total. The molecular weight excluding hydrogens is 687 g/mol. The summed E-state index contributed by atoms with van der Waals surface area (Å²) in [5.41, 5.74) is 16.0. The number of aromatic nitrogens is 1. The Morgan fingerprint density at radius 2 is 0.912 bits per heavy atom. The topological polar surface area (TPSA) is 12.9 Å². The molecule has 1 aliphatic carbocycles. The molecule has 268 valence electrons. The van der Waals surface area contributed by atoms with Crippen LogP contribution in [0.25, 0.3) is 88.2 Å². The summed E-state index contributed by atoms with van der Waals surface area (Å²) in [7, 11) is 0. The van der Waals surface area contributed by atoms with Crippen molar-refractivity contribution in [2.24, 2.45) is 0 Å². The smallest absolute Gasteiger partial charge is 0.0722 e. The Balaban J connectivity index is 1.11. The quantitative estimate of drug-likeness (QED) is 0.149. The van der Waals surface area contributed by atoms with E-state index in [4.69, 9.17) is 4.98 Å². The van der Waals surface area contributed by atoms with Gasteiger partial charge in [-0.1, -0.05) is 182 Å². The summed E-state index contributed by atoms with van der Waals surface area (Å²) in [6, 6.07) is 75.6. The molecule has 9 aromatic carbocycles. The van der Waals surface area contributed by atoms with Crippen molar-refractivity contribution in [2.75, 3.05) is 0 Å². The van der Waals surface area contributed by atoms with Gasteiger partial charge in [-0.15, -0.1) is 0 Å². The first-order valence-electron chi connectivity index (χ1n) is 20.0. The van der Waals surface area contributed by atoms with Crippen LogP contribution in [-0.4, -0.2) is 4.98 Å². The Hall–Kier alpha value is -7.09. The largest absolute Gasteiger partial charge is 0.248 e. The molecule has 0 N–H and O–H groups in total. The van der Waals surface area contributed by atoms with Gasteiger partial charge in [0.1, 0.15) is 0 Å². The Bertz CT molecular complexity index is 3050. The van der Waals surface area contributed by atoms with Crippen molar-refractivity contribution in [3.05, 3.63) is 223 Å². The summed E-state index contributed by atoms with van der Waals surface area (Å²) < 4.78 is 0. The minimum absolute atomic E-state index is 0.356. The zero-order valence-corrected chi connectivity index (χ0v) is 31.6. The molecule has 11 rings (SSSR count). The molecule has 0 aliphatic heterocycles. The molecule has 0 saturated heterocycles. The van der Waals surface area contributed by atoms with Crippen LogP contribution in [0.3, 0.4) is 0 Å². The molecule has 1 aromatic heterocycles. The fourth-order valence-corrected chi connectivity index (χ4v) is 9.38. The number of fused-ring (bicyclic) bond motifs is 9. The lowest BCUT2D eigenvalue weighted by Crippen LogP contribution is -1.99. The molecule has 57 heavy (non-hydrogen) atoms. The summed E-state index contributed by atoms with van der Waals surface area (Å²) in [5.74, 6) is 0.356. The average molecular weight is 726 g/mol. The fourth-order valence-electron chi connectivity index (χ4n) is 9.38. The van der Waals surface area contributed by atoms with E-state index in [2.05, 4.69) is 206 Å². The zero-order chi connectivity index (χ0) is 37.7. The minimum atomic E-state index is 0.356. The van der Waals surface area contributed by atoms with Gasteiger partial charge in [-0.3, -0.25) is 0 Å². The monoisotopic (exact) mass is 725 g/mol. The van der Waals surface area contributed by atoms with Crippen LogP contribution >= 0.6 is 0 Å². The summed E-state index contributed by atoms with van der Waals surface area (Å²) in [5, 5.41) is 7.50. The van der Waals surface area contributed by atoms with Crippen LogP contribution in [0.15, 0.2) is 206 Å². The van der Waals surface area contributed by atoms with Crippen LogP contribution < -0.4 is 0 Å². The summed E-state index contributed by atoms with van der Waals surface area (Å²) in [4.78, 5) is 5.42. The Kier molecular flexibility index (Phi) is 8.10. The molecule has 0 amide bonds. The van der Waals surface area contributed by atoms with E-state index >= 15 is 0 Å². The van der Waals surface area contributed by atoms with Crippen molar-refractivity contribution in [1.29, 1.82) is 0 Å². The van der Waals surface area contributed by atoms with E-state index in [1.807, 2.05) is 0 Å². The maximum atomic E-state index is 5.42. The predicted molar refractivity (Wildman–Crippen MR) is 241 cm³/mol. The van der Waals surface area contributed by atoms with E-state index in [1.165, 1.54) is 76.8 Å². The van der Waals surface area contributed by atoms with Crippen LogP contribution in [0.5, 0.6) is 0 Å². The van der Waals surface area contributed by atoms with Crippen molar-refractivity contribution in [3.63, 3.8) is 0 Å². The van der Waals surface area contributed by atoms with Crippen LogP contribution in [-0.2, 0) is 6.42 Å². The number of nitrogens with zero attached hydrogens (tertiary/aromatic N) is 1. The number of hydrogen-bond acceptors (Lipinski definition) is 1. The SMILES string of the molecule is c1ccc(CCC2c3ccccc3-c3ccc(-c4ccc5c6ccccc6c6cccc(-c7cc(-c8ccccc8)cc(-c8ccccc8)n7)c6c5c4)cc32)cc1. The van der Waals surface area contributed by atoms with E-state index in [-0.39, 0.29) is 0 Å². The van der Waals surface area contributed by atoms with Gasteiger partial charge in [-0.2, -0.15) is 0 Å². The van der Waals surface area contributed by atoms with Gasteiger partial charge < -0.3 is 0 Å². The number of benzene rings is 9. The number of aryl methyl sites for hydroxylation is 1. The van der Waals surface area contributed by atoms with Gasteiger partial charge >= 0.3 is 0 Å². The molecule has 1 aliphatic rings. The summed E-state index contributed by atoms with van der Waals surface area (Å²) >= 11 is 0. The molecule has 0 bridgehead atoms. The molecule has 1 unspecified atom stereocenters. The first kappa shape index (κ1) is 33.3.